The third kappa shape index (κ3) is 1.18. The first kappa shape index (κ1) is 7.28. The van der Waals surface area contributed by atoms with E-state index in [0.29, 0.717) is 5.69 Å². The summed E-state index contributed by atoms with van der Waals surface area (Å²) in [6, 6.07) is 6.73. The second kappa shape index (κ2) is 2.93. The Morgan fingerprint density at radius 2 is 2.17 bits per heavy atom. The average Bonchev–Trinajstić information content (AvgIpc) is 2.57. The zero-order chi connectivity index (χ0) is 8.39. The third-order valence-corrected chi connectivity index (χ3v) is 1.85. The van der Waals surface area contributed by atoms with Gasteiger partial charge in [-0.15, -0.1) is 0 Å². The summed E-state index contributed by atoms with van der Waals surface area (Å²) in [5.41, 5.74) is 0.610. The zero-order valence-corrected chi connectivity index (χ0v) is 6.57. The van der Waals surface area contributed by atoms with Gasteiger partial charge in [0.25, 0.3) is 0 Å². The molecule has 0 saturated carbocycles. The van der Waals surface area contributed by atoms with Crippen molar-refractivity contribution in [2.24, 2.45) is 4.99 Å². The molecule has 0 spiro atoms. The molecule has 2 rings (SSSR count). The summed E-state index contributed by atoms with van der Waals surface area (Å²) in [6.45, 7) is 1.54. The van der Waals surface area contributed by atoms with E-state index in [4.69, 9.17) is 0 Å². The second-order valence-corrected chi connectivity index (χ2v) is 2.67. The van der Waals surface area contributed by atoms with Crippen LogP contribution >= 0.6 is 0 Å². The molecular formula is C9H9FN2. The summed E-state index contributed by atoms with van der Waals surface area (Å²) in [5.74, 6) is -0.189. The van der Waals surface area contributed by atoms with Crippen molar-refractivity contribution < 1.29 is 4.39 Å². The van der Waals surface area contributed by atoms with Gasteiger partial charge in [0.2, 0.25) is 0 Å². The normalized spacial score (nSPS) is 15.6. The van der Waals surface area contributed by atoms with E-state index in [1.807, 2.05) is 11.0 Å². The van der Waals surface area contributed by atoms with Gasteiger partial charge in [-0.1, -0.05) is 12.1 Å². The topological polar surface area (TPSA) is 15.6 Å². The maximum absolute atomic E-state index is 13.1. The van der Waals surface area contributed by atoms with Gasteiger partial charge < -0.3 is 4.90 Å². The standard InChI is InChI=1S/C9H9FN2/c10-8-3-1-2-4-9(8)12-6-5-11-7-12/h1-4,7H,5-6H2. The number of para-hydroxylation sites is 1. The van der Waals surface area contributed by atoms with Crippen molar-refractivity contribution in [1.82, 2.24) is 0 Å². The van der Waals surface area contributed by atoms with Crippen LogP contribution in [0.1, 0.15) is 0 Å². The van der Waals surface area contributed by atoms with E-state index in [1.54, 1.807) is 18.5 Å². The monoisotopic (exact) mass is 164 g/mol. The van der Waals surface area contributed by atoms with E-state index >= 15 is 0 Å². The van der Waals surface area contributed by atoms with Gasteiger partial charge in [0.15, 0.2) is 0 Å². The fraction of sp³-hybridized carbons (Fsp3) is 0.222. The van der Waals surface area contributed by atoms with Crippen molar-refractivity contribution in [1.29, 1.82) is 0 Å². The van der Waals surface area contributed by atoms with Crippen LogP contribution in [0.5, 0.6) is 0 Å². The van der Waals surface area contributed by atoms with Gasteiger partial charge in [0.1, 0.15) is 5.82 Å². The van der Waals surface area contributed by atoms with Gasteiger partial charge in [-0.25, -0.2) is 4.39 Å². The molecule has 3 heteroatoms. The maximum atomic E-state index is 13.1. The molecule has 0 atom stereocenters. The minimum Gasteiger partial charge on any atom is -0.328 e. The number of hydrogen-bond acceptors (Lipinski definition) is 2. The second-order valence-electron chi connectivity index (χ2n) is 2.67. The largest absolute Gasteiger partial charge is 0.328 e. The first-order valence-electron chi connectivity index (χ1n) is 3.89. The molecule has 0 saturated heterocycles. The molecule has 0 amide bonds. The number of aliphatic imine (C=N–C) groups is 1. The Morgan fingerprint density at radius 1 is 1.33 bits per heavy atom. The molecule has 1 aliphatic heterocycles. The molecule has 1 aromatic carbocycles. The molecule has 0 fully saturated rings. The first-order chi connectivity index (χ1) is 5.88. The van der Waals surface area contributed by atoms with Gasteiger partial charge in [-0.05, 0) is 12.1 Å². The predicted octanol–water partition coefficient (Wildman–Crippen LogP) is 1.67. The zero-order valence-electron chi connectivity index (χ0n) is 6.57. The average molecular weight is 164 g/mol. The van der Waals surface area contributed by atoms with Gasteiger partial charge in [0.05, 0.1) is 18.6 Å². The highest BCUT2D eigenvalue weighted by molar-refractivity contribution is 5.81. The van der Waals surface area contributed by atoms with Crippen LogP contribution in [0.4, 0.5) is 10.1 Å². The molecule has 0 aliphatic carbocycles. The Kier molecular flexibility index (Phi) is 1.78. The molecular weight excluding hydrogens is 155 g/mol. The summed E-state index contributed by atoms with van der Waals surface area (Å²) >= 11 is 0. The Bertz CT molecular complexity index is 309. The van der Waals surface area contributed by atoms with Crippen LogP contribution in [0.2, 0.25) is 0 Å². The lowest BCUT2D eigenvalue weighted by Crippen LogP contribution is -2.19. The quantitative estimate of drug-likeness (QED) is 0.616. The molecule has 0 radical (unpaired) electrons. The molecule has 2 nitrogen and oxygen atoms in total. The van der Waals surface area contributed by atoms with Crippen molar-refractivity contribution >= 4 is 12.0 Å². The lowest BCUT2D eigenvalue weighted by atomic mass is 10.3. The minimum absolute atomic E-state index is 0.189. The Hall–Kier alpha value is -1.38. The molecule has 1 aliphatic rings. The number of halogens is 1. The highest BCUT2D eigenvalue weighted by atomic mass is 19.1. The number of benzene rings is 1. The molecule has 62 valence electrons. The van der Waals surface area contributed by atoms with E-state index in [9.17, 15) is 4.39 Å². The van der Waals surface area contributed by atoms with Crippen molar-refractivity contribution in [2.45, 2.75) is 0 Å². The SMILES string of the molecule is Fc1ccccc1N1C=NCC1. The van der Waals surface area contributed by atoms with Crippen LogP contribution in [0.25, 0.3) is 0 Å². The highest BCUT2D eigenvalue weighted by Gasteiger charge is 2.10. The van der Waals surface area contributed by atoms with Crippen molar-refractivity contribution in [3.63, 3.8) is 0 Å². The van der Waals surface area contributed by atoms with E-state index in [1.165, 1.54) is 6.07 Å². The van der Waals surface area contributed by atoms with Gasteiger partial charge in [0, 0.05) is 6.54 Å². The molecule has 12 heavy (non-hydrogen) atoms. The van der Waals surface area contributed by atoms with Crippen LogP contribution in [0.3, 0.4) is 0 Å². The fourth-order valence-electron chi connectivity index (χ4n) is 1.25. The van der Waals surface area contributed by atoms with E-state index in [2.05, 4.69) is 4.99 Å². The third-order valence-electron chi connectivity index (χ3n) is 1.85. The highest BCUT2D eigenvalue weighted by Crippen LogP contribution is 2.18. The van der Waals surface area contributed by atoms with Crippen LogP contribution < -0.4 is 4.90 Å². The number of anilines is 1. The molecule has 0 bridgehead atoms. The summed E-state index contributed by atoms with van der Waals surface area (Å²) in [7, 11) is 0. The van der Waals surface area contributed by atoms with Crippen LogP contribution in [-0.4, -0.2) is 19.4 Å². The van der Waals surface area contributed by atoms with Gasteiger partial charge in [-0.2, -0.15) is 0 Å². The number of rotatable bonds is 1. The lowest BCUT2D eigenvalue weighted by Gasteiger charge is -2.13. The van der Waals surface area contributed by atoms with Crippen LogP contribution in [-0.2, 0) is 0 Å². The Labute approximate surface area is 70.3 Å². The van der Waals surface area contributed by atoms with Crippen LogP contribution in [0, 0.1) is 5.82 Å². The summed E-state index contributed by atoms with van der Waals surface area (Å²) in [4.78, 5) is 5.83. The molecule has 0 unspecified atom stereocenters. The summed E-state index contributed by atoms with van der Waals surface area (Å²) in [6.07, 6.45) is 1.68. The summed E-state index contributed by atoms with van der Waals surface area (Å²) in [5, 5.41) is 0. The molecule has 1 aromatic rings. The smallest absolute Gasteiger partial charge is 0.146 e. The van der Waals surface area contributed by atoms with Gasteiger partial charge >= 0.3 is 0 Å². The first-order valence-corrected chi connectivity index (χ1v) is 3.89. The number of hydrogen-bond donors (Lipinski definition) is 0. The van der Waals surface area contributed by atoms with Crippen molar-refractivity contribution in [3.8, 4) is 0 Å². The molecule has 1 heterocycles. The number of nitrogens with zero attached hydrogens (tertiary/aromatic N) is 2. The minimum atomic E-state index is -0.189. The van der Waals surface area contributed by atoms with Crippen molar-refractivity contribution in [2.75, 3.05) is 18.0 Å². The lowest BCUT2D eigenvalue weighted by molar-refractivity contribution is 0.627. The Balaban J connectivity index is 2.33. The predicted molar refractivity (Wildman–Crippen MR) is 47.1 cm³/mol. The summed E-state index contributed by atoms with van der Waals surface area (Å²) < 4.78 is 13.1. The van der Waals surface area contributed by atoms with E-state index in [0.717, 1.165) is 13.1 Å². The van der Waals surface area contributed by atoms with E-state index in [-0.39, 0.29) is 5.82 Å². The van der Waals surface area contributed by atoms with Crippen molar-refractivity contribution in [3.05, 3.63) is 30.1 Å². The van der Waals surface area contributed by atoms with Crippen LogP contribution in [0.15, 0.2) is 29.3 Å². The molecule has 0 N–H and O–H groups in total. The van der Waals surface area contributed by atoms with Gasteiger partial charge in [-0.3, -0.25) is 4.99 Å². The Morgan fingerprint density at radius 3 is 2.83 bits per heavy atom. The molecule has 0 aromatic heterocycles. The van der Waals surface area contributed by atoms with E-state index < -0.39 is 0 Å². The maximum Gasteiger partial charge on any atom is 0.146 e. The fourth-order valence-corrected chi connectivity index (χ4v) is 1.25.